The first-order valence-corrected chi connectivity index (χ1v) is 13.4. The van der Waals surface area contributed by atoms with E-state index in [1.165, 1.54) is 0 Å². The average Bonchev–Trinajstić information content (AvgIpc) is 3.86. The van der Waals surface area contributed by atoms with Gasteiger partial charge in [0.05, 0.1) is 19.7 Å². The third-order valence-corrected chi connectivity index (χ3v) is 7.80. The molecule has 58 heavy (non-hydrogen) atoms. The normalized spacial score (nSPS) is 18.2. The molecule has 4 heterocycles. The Kier molecular flexibility index (Phi) is 10.9. The van der Waals surface area contributed by atoms with Crippen LogP contribution in [0.5, 0.6) is 0 Å². The smallest absolute Gasteiger partial charge is 0.369 e. The maximum atomic E-state index is 12.6. The number of hydrogen-bond donors (Lipinski definition) is 1. The van der Waals surface area contributed by atoms with Gasteiger partial charge in [-0.05, 0) is 19.7 Å². The van der Waals surface area contributed by atoms with Crippen LogP contribution in [-0.4, -0.2) is 133 Å². The fraction of sp³-hybridized carbons (Fsp3) is 0.333. The topological polar surface area (TPSA) is 580 Å². The van der Waals surface area contributed by atoms with Crippen LogP contribution in [0.4, 0.5) is 0 Å². The van der Waals surface area contributed by atoms with Gasteiger partial charge in [-0.3, -0.25) is 40.5 Å². The molecule has 0 unspecified atom stereocenters. The van der Waals surface area contributed by atoms with Gasteiger partial charge in [-0.2, -0.15) is 19.7 Å². The Labute approximate surface area is 307 Å². The van der Waals surface area contributed by atoms with Crippen LogP contribution >= 0.6 is 0 Å². The molecule has 0 fully saturated rings. The van der Waals surface area contributed by atoms with Gasteiger partial charge in [0, 0.05) is 0 Å². The van der Waals surface area contributed by atoms with Crippen molar-refractivity contribution in [2.75, 3.05) is 26.2 Å². The van der Waals surface area contributed by atoms with Crippen molar-refractivity contribution in [1.82, 2.24) is 46.3 Å². The van der Waals surface area contributed by atoms with Gasteiger partial charge in [-0.15, -0.1) is 0 Å². The molecule has 0 aromatic carbocycles. The van der Waals surface area contributed by atoms with Crippen molar-refractivity contribution in [2.24, 2.45) is 0 Å². The average molecular weight is 845 g/mol. The van der Waals surface area contributed by atoms with Crippen LogP contribution in [-0.2, 0) is 0 Å². The second kappa shape index (κ2) is 14.6. The second-order valence-electron chi connectivity index (χ2n) is 10.3. The zero-order valence-electron chi connectivity index (χ0n) is 27.1. The van der Waals surface area contributed by atoms with Crippen LogP contribution in [0, 0.1) is 121 Å². The Morgan fingerprint density at radius 3 is 0.569 bits per heavy atom. The van der Waals surface area contributed by atoms with Gasteiger partial charge in [0.15, 0.2) is 0 Å². The number of nitrogens with zero attached hydrogens (tertiary/aromatic N) is 20. The molecule has 0 aromatic rings. The van der Waals surface area contributed by atoms with Crippen molar-refractivity contribution >= 4 is 6.69 Å². The number of hydrazine groups is 8. The van der Waals surface area contributed by atoms with E-state index in [1.54, 1.807) is 0 Å². The van der Waals surface area contributed by atoms with E-state index in [2.05, 4.69) is 0 Å². The molecule has 45 nitrogen and oxygen atoms in total. The Bertz CT molecular complexity index is 1880. The molecular weight excluding hydrogens is 833 g/mol. The predicted molar refractivity (Wildman–Crippen MR) is 158 cm³/mol. The van der Waals surface area contributed by atoms with Crippen molar-refractivity contribution in [3.63, 3.8) is 0 Å². The lowest BCUT2D eigenvalue weighted by atomic mass is 9.68. The van der Waals surface area contributed by atoms with Gasteiger partial charge in [0.2, 0.25) is 0 Å². The summed E-state index contributed by atoms with van der Waals surface area (Å²) in [6.45, 7) is -15.6. The van der Waals surface area contributed by atoms with Gasteiger partial charge in [0.25, 0.3) is 20.1 Å². The number of rotatable bonds is 16. The molecular formula is C12H12BN21O24. The first-order chi connectivity index (χ1) is 26.3. The molecule has 0 bridgehead atoms. The van der Waals surface area contributed by atoms with E-state index < -0.39 is 179 Å². The third-order valence-electron chi connectivity index (χ3n) is 7.80. The van der Waals surface area contributed by atoms with Crippen LogP contribution in [0.1, 0.15) is 0 Å². The molecule has 4 N–H and O–H groups in total. The zero-order valence-corrected chi connectivity index (χ0v) is 27.1. The summed E-state index contributed by atoms with van der Waals surface area (Å²) in [6, 6.07) is 0. The van der Waals surface area contributed by atoms with Crippen molar-refractivity contribution in [3.8, 4) is 0 Å². The molecule has 4 aliphatic rings. The molecule has 0 atom stereocenters. The van der Waals surface area contributed by atoms with Crippen LogP contribution in [0.3, 0.4) is 0 Å². The molecule has 0 radical (unpaired) electrons. The number of quaternary nitrogens is 1. The standard InChI is InChI=1S/C12H8BN20O24.H3N/c34-22(35)5-1-14(18(30(50)51)9(5)26(42)43)13(15-2-6(23(36)37)10(27(44)45)19(15)31(52)53,16-3-7(24(38)39)11(28(46)47)20(16)32(54)55)17-4-8(25(40)41)12(29(48)49)21(17)33(56)57;/h1-4H2;1H3/q-1;/p+1. The van der Waals surface area contributed by atoms with E-state index in [9.17, 15) is 121 Å². The lowest BCUT2D eigenvalue weighted by Crippen LogP contribution is -2.89. The molecule has 4 aliphatic heterocycles. The largest absolute Gasteiger partial charge is 0.477 e. The summed E-state index contributed by atoms with van der Waals surface area (Å²) in [5.74, 6) is -9.86. The molecule has 0 aliphatic carbocycles. The van der Waals surface area contributed by atoms with Crippen LogP contribution in [0.15, 0.2) is 46.1 Å². The van der Waals surface area contributed by atoms with E-state index >= 15 is 0 Å². The van der Waals surface area contributed by atoms with Gasteiger partial charge >= 0.3 is 52.8 Å². The Morgan fingerprint density at radius 1 is 0.310 bits per heavy atom. The first-order valence-electron chi connectivity index (χ1n) is 13.4. The van der Waals surface area contributed by atoms with Gasteiger partial charge in [0.1, 0.15) is 46.7 Å². The molecule has 0 amide bonds. The molecule has 0 aromatic heterocycles. The quantitative estimate of drug-likeness (QED) is 0.0870. The van der Waals surface area contributed by atoms with E-state index in [0.717, 1.165) is 0 Å². The Balaban J connectivity index is 0.00000900. The summed E-state index contributed by atoms with van der Waals surface area (Å²) in [5.41, 5.74) is -8.56. The highest BCUT2D eigenvalue weighted by Crippen LogP contribution is 2.45. The van der Waals surface area contributed by atoms with E-state index in [0.29, 0.717) is 0 Å². The molecule has 0 spiro atoms. The predicted octanol–water partition coefficient (Wildman–Crippen LogP) is -4.41. The lowest BCUT2D eigenvalue weighted by Gasteiger charge is -2.51. The van der Waals surface area contributed by atoms with E-state index in [-0.39, 0.29) is 6.15 Å². The van der Waals surface area contributed by atoms with Gasteiger partial charge in [-0.25, -0.2) is 40.5 Å². The molecule has 312 valence electrons. The maximum Gasteiger partial charge on any atom is 0.477 e. The fourth-order valence-electron chi connectivity index (χ4n) is 6.07. The summed E-state index contributed by atoms with van der Waals surface area (Å²) in [6.07, 6.45) is 0. The van der Waals surface area contributed by atoms with Crippen molar-refractivity contribution in [3.05, 3.63) is 167 Å². The molecule has 0 saturated carbocycles. The Hall–Kier alpha value is -9.18. The minimum atomic E-state index is -6.16. The number of nitro groups is 12. The molecule has 0 saturated heterocycles. The highest BCUT2D eigenvalue weighted by Gasteiger charge is 2.82. The van der Waals surface area contributed by atoms with E-state index in [4.69, 9.17) is 0 Å². The van der Waals surface area contributed by atoms with Crippen LogP contribution < -0.4 is 6.15 Å². The Morgan fingerprint density at radius 2 is 0.466 bits per heavy atom. The first kappa shape index (κ1) is 43.2. The molecule has 4 rings (SSSR count). The monoisotopic (exact) mass is 845 g/mol. The highest BCUT2D eigenvalue weighted by molar-refractivity contribution is 6.68. The van der Waals surface area contributed by atoms with Crippen LogP contribution in [0.25, 0.3) is 0 Å². The zero-order chi connectivity index (χ0) is 43.5. The summed E-state index contributed by atoms with van der Waals surface area (Å²) >= 11 is 0. The molecule has 46 heteroatoms. The maximum absolute atomic E-state index is 12.6. The summed E-state index contributed by atoms with van der Waals surface area (Å²) in [4.78, 5) is 129. The lowest BCUT2D eigenvalue weighted by molar-refractivity contribution is -0.733. The SMILES string of the molecule is O=[N+]([O-])C1=C([N+](=O)[O-])N([N+](=O)[O-])N([B-](N2CC([N+](=O)[O-])=C([N+](=O)[O-])N2[N+](=O)[O-])(N2CC([N+](=O)[O-])=C([N+](=O)[O-])N2[N+](=O)[O-])N2CC([N+](=O)[O-])=C([N+](=O)[O-])N2[N+](=O)[O-])C1.[NH4+]. The summed E-state index contributed by atoms with van der Waals surface area (Å²) in [5, 5.41) is 134. The summed E-state index contributed by atoms with van der Waals surface area (Å²) in [7, 11) is 0. The second-order valence-corrected chi connectivity index (χ2v) is 10.3. The third kappa shape index (κ3) is 6.11. The van der Waals surface area contributed by atoms with Crippen molar-refractivity contribution in [1.29, 1.82) is 0 Å². The minimum absolute atomic E-state index is 0. The fourth-order valence-corrected chi connectivity index (χ4v) is 6.07. The summed E-state index contributed by atoms with van der Waals surface area (Å²) < 4.78 is 0. The van der Waals surface area contributed by atoms with Crippen LogP contribution in [0.2, 0.25) is 0 Å². The minimum Gasteiger partial charge on any atom is -0.369 e. The van der Waals surface area contributed by atoms with Gasteiger partial charge in [-0.1, -0.05) is 0 Å². The number of hydrogen-bond acceptors (Lipinski definition) is 28. The van der Waals surface area contributed by atoms with Crippen molar-refractivity contribution < 1.29 is 59.5 Å². The van der Waals surface area contributed by atoms with E-state index in [1.807, 2.05) is 0 Å². The highest BCUT2D eigenvalue weighted by atomic mass is 16.7. The van der Waals surface area contributed by atoms with Crippen molar-refractivity contribution in [2.45, 2.75) is 0 Å². The van der Waals surface area contributed by atoms with Gasteiger partial charge < -0.3 is 46.6 Å².